The van der Waals surface area contributed by atoms with Crippen molar-refractivity contribution in [2.45, 2.75) is 32.0 Å². The van der Waals surface area contributed by atoms with Crippen molar-refractivity contribution < 1.29 is 9.84 Å². The van der Waals surface area contributed by atoms with Gasteiger partial charge in [0.05, 0.1) is 18.6 Å². The number of nitriles is 1. The smallest absolute Gasteiger partial charge is 0.147 e. The topological polar surface area (TPSA) is 66.1 Å². The van der Waals surface area contributed by atoms with E-state index in [-0.39, 0.29) is 23.4 Å². The van der Waals surface area contributed by atoms with Crippen molar-refractivity contribution in [2.24, 2.45) is 5.92 Å². The Morgan fingerprint density at radius 2 is 1.62 bits per heavy atom. The number of hydrogen-bond donors (Lipinski definition) is 1. The summed E-state index contributed by atoms with van der Waals surface area (Å²) >= 11 is 6.72. The van der Waals surface area contributed by atoms with Gasteiger partial charge in [0.2, 0.25) is 0 Å². The number of ether oxygens (including phenoxy) is 1. The van der Waals surface area contributed by atoms with E-state index >= 15 is 0 Å². The zero-order chi connectivity index (χ0) is 20.6. The van der Waals surface area contributed by atoms with Crippen LogP contribution in [-0.4, -0.2) is 10.1 Å². The Kier molecular flexibility index (Phi) is 5.04. The molecule has 0 fully saturated rings. The predicted octanol–water partition coefficient (Wildman–Crippen LogP) is 5.53. The summed E-state index contributed by atoms with van der Waals surface area (Å²) in [6.07, 6.45) is 0. The van der Waals surface area contributed by atoms with Crippen LogP contribution in [0.1, 0.15) is 47.7 Å². The third-order valence-electron chi connectivity index (χ3n) is 5.50. The maximum Gasteiger partial charge on any atom is 0.147 e. The molecule has 29 heavy (non-hydrogen) atoms. The fourth-order valence-electron chi connectivity index (χ4n) is 4.07. The molecule has 0 saturated heterocycles. The Balaban J connectivity index is 2.02. The largest absolute Gasteiger partial charge is 0.506 e. The Morgan fingerprint density at radius 3 is 2.10 bits per heavy atom. The molecular formula is C24H21ClN2O2. The first kappa shape index (κ1) is 19.4. The van der Waals surface area contributed by atoms with Crippen LogP contribution < -0.4 is 0 Å². The van der Waals surface area contributed by atoms with Gasteiger partial charge in [-0.2, -0.15) is 5.26 Å². The summed E-state index contributed by atoms with van der Waals surface area (Å²) in [6.45, 7) is 4.02. The quantitative estimate of drug-likeness (QED) is 0.581. The maximum atomic E-state index is 11.1. The molecule has 0 radical (unpaired) electrons. The fraction of sp³-hybridized carbons (Fsp3) is 0.250. The highest BCUT2D eigenvalue weighted by Crippen LogP contribution is 2.52. The van der Waals surface area contributed by atoms with E-state index in [0.717, 1.165) is 11.1 Å². The molecule has 1 atom stereocenters. The minimum Gasteiger partial charge on any atom is -0.506 e. The SMILES string of the molecule is CC(C)C(C#N)c1nc(Cl)c2c(c1O)COC2(c1ccccc1)c1ccccc1. The molecule has 0 aliphatic carbocycles. The molecule has 2 aromatic carbocycles. The molecule has 2 heterocycles. The molecule has 4 rings (SSSR count). The maximum absolute atomic E-state index is 11.1. The van der Waals surface area contributed by atoms with Crippen molar-refractivity contribution in [3.8, 4) is 11.8 Å². The number of fused-ring (bicyclic) bond motifs is 1. The summed E-state index contributed by atoms with van der Waals surface area (Å²) in [5.41, 5.74) is 2.37. The average Bonchev–Trinajstić information content (AvgIpc) is 3.16. The van der Waals surface area contributed by atoms with E-state index in [1.165, 1.54) is 0 Å². The molecule has 1 unspecified atom stereocenters. The van der Waals surface area contributed by atoms with Crippen LogP contribution in [0.4, 0.5) is 0 Å². The normalized spacial score (nSPS) is 15.7. The predicted molar refractivity (Wildman–Crippen MR) is 112 cm³/mol. The fourth-order valence-corrected chi connectivity index (χ4v) is 4.41. The van der Waals surface area contributed by atoms with E-state index in [9.17, 15) is 10.4 Å². The van der Waals surface area contributed by atoms with Crippen LogP contribution in [0.2, 0.25) is 5.15 Å². The lowest BCUT2D eigenvalue weighted by Gasteiger charge is -2.31. The highest BCUT2D eigenvalue weighted by atomic mass is 35.5. The number of aromatic nitrogens is 1. The Hall–Kier alpha value is -2.87. The van der Waals surface area contributed by atoms with Gasteiger partial charge in [0.15, 0.2) is 0 Å². The zero-order valence-electron chi connectivity index (χ0n) is 16.3. The van der Waals surface area contributed by atoms with E-state index in [1.54, 1.807) is 0 Å². The van der Waals surface area contributed by atoms with Gasteiger partial charge in [-0.05, 0) is 17.0 Å². The van der Waals surface area contributed by atoms with Crippen LogP contribution in [0, 0.1) is 17.2 Å². The first-order valence-electron chi connectivity index (χ1n) is 9.57. The molecular weight excluding hydrogens is 384 g/mol. The summed E-state index contributed by atoms with van der Waals surface area (Å²) in [5, 5.41) is 20.9. The van der Waals surface area contributed by atoms with E-state index in [0.29, 0.717) is 16.8 Å². The lowest BCUT2D eigenvalue weighted by Crippen LogP contribution is -2.29. The second-order valence-corrected chi connectivity index (χ2v) is 7.90. The molecule has 3 aromatic rings. The molecule has 4 nitrogen and oxygen atoms in total. The van der Waals surface area contributed by atoms with Crippen LogP contribution in [0.25, 0.3) is 0 Å². The Bertz CT molecular complexity index is 1040. The molecule has 0 saturated carbocycles. The van der Waals surface area contributed by atoms with Gasteiger partial charge >= 0.3 is 0 Å². The number of halogens is 1. The molecule has 146 valence electrons. The molecule has 5 heteroatoms. The lowest BCUT2D eigenvalue weighted by molar-refractivity contribution is 0.0264. The van der Waals surface area contributed by atoms with Crippen molar-refractivity contribution >= 4 is 11.6 Å². The summed E-state index contributed by atoms with van der Waals surface area (Å²) in [4.78, 5) is 4.50. The first-order valence-corrected chi connectivity index (χ1v) is 9.94. The highest BCUT2D eigenvalue weighted by Gasteiger charge is 2.47. The molecule has 0 spiro atoms. The summed E-state index contributed by atoms with van der Waals surface area (Å²) < 4.78 is 6.41. The van der Waals surface area contributed by atoms with Gasteiger partial charge in [0.1, 0.15) is 22.2 Å². The molecule has 1 N–H and O–H groups in total. The number of rotatable bonds is 4. The first-order chi connectivity index (χ1) is 14.0. The molecule has 1 aromatic heterocycles. The molecule has 1 aliphatic rings. The van der Waals surface area contributed by atoms with Gasteiger partial charge in [-0.1, -0.05) is 86.1 Å². The molecule has 0 bridgehead atoms. The van der Waals surface area contributed by atoms with Gasteiger partial charge in [-0.25, -0.2) is 4.98 Å². The van der Waals surface area contributed by atoms with Gasteiger partial charge < -0.3 is 9.84 Å². The van der Waals surface area contributed by atoms with Crippen LogP contribution in [0.3, 0.4) is 0 Å². The van der Waals surface area contributed by atoms with Crippen LogP contribution in [0.15, 0.2) is 60.7 Å². The summed E-state index contributed by atoms with van der Waals surface area (Å²) in [6, 6.07) is 21.8. The van der Waals surface area contributed by atoms with E-state index in [2.05, 4.69) is 11.1 Å². The van der Waals surface area contributed by atoms with E-state index in [1.807, 2.05) is 74.5 Å². The summed E-state index contributed by atoms with van der Waals surface area (Å²) in [7, 11) is 0. The van der Waals surface area contributed by atoms with Gasteiger partial charge in [-0.3, -0.25) is 0 Å². The van der Waals surface area contributed by atoms with Crippen molar-refractivity contribution in [1.82, 2.24) is 4.98 Å². The monoisotopic (exact) mass is 404 g/mol. The number of hydrogen-bond acceptors (Lipinski definition) is 4. The van der Waals surface area contributed by atoms with Crippen molar-refractivity contribution in [3.05, 3.63) is 93.8 Å². The number of pyridine rings is 1. The van der Waals surface area contributed by atoms with E-state index < -0.39 is 11.5 Å². The summed E-state index contributed by atoms with van der Waals surface area (Å²) in [5.74, 6) is -0.567. The van der Waals surface area contributed by atoms with Crippen LogP contribution in [-0.2, 0) is 16.9 Å². The van der Waals surface area contributed by atoms with Crippen molar-refractivity contribution in [1.29, 1.82) is 5.26 Å². The zero-order valence-corrected chi connectivity index (χ0v) is 17.0. The van der Waals surface area contributed by atoms with Crippen molar-refractivity contribution in [3.63, 3.8) is 0 Å². The standard InChI is InChI=1S/C24H21ClN2O2/c1-15(2)18(13-26)21-22(28)19-14-29-24(20(19)23(25)27-21,16-9-5-3-6-10-16)17-11-7-4-8-12-17/h3-12,15,18,28H,14H2,1-2H3. The Labute approximate surface area is 175 Å². The van der Waals surface area contributed by atoms with E-state index in [4.69, 9.17) is 16.3 Å². The molecule has 0 amide bonds. The van der Waals surface area contributed by atoms with Crippen LogP contribution in [0.5, 0.6) is 5.75 Å². The minimum absolute atomic E-state index is 0.00149. The highest BCUT2D eigenvalue weighted by molar-refractivity contribution is 6.30. The van der Waals surface area contributed by atoms with Crippen LogP contribution >= 0.6 is 11.6 Å². The number of aromatic hydroxyl groups is 1. The number of benzene rings is 2. The van der Waals surface area contributed by atoms with Gasteiger partial charge in [-0.15, -0.1) is 0 Å². The second-order valence-electron chi connectivity index (χ2n) is 7.54. The average molecular weight is 405 g/mol. The minimum atomic E-state index is -0.974. The third kappa shape index (κ3) is 2.98. The Morgan fingerprint density at radius 1 is 1.07 bits per heavy atom. The third-order valence-corrected chi connectivity index (χ3v) is 5.77. The molecule has 1 aliphatic heterocycles. The van der Waals surface area contributed by atoms with Crippen molar-refractivity contribution in [2.75, 3.05) is 0 Å². The number of nitrogens with zero attached hydrogens (tertiary/aromatic N) is 2. The van der Waals surface area contributed by atoms with Gasteiger partial charge in [0, 0.05) is 11.1 Å². The van der Waals surface area contributed by atoms with Gasteiger partial charge in [0.25, 0.3) is 0 Å². The second kappa shape index (κ2) is 7.51. The lowest BCUT2D eigenvalue weighted by atomic mass is 9.80.